The van der Waals surface area contributed by atoms with Crippen molar-refractivity contribution in [3.63, 3.8) is 0 Å². The zero-order valence-corrected chi connectivity index (χ0v) is 21.0. The maximum Gasteiger partial charge on any atom is 0.191 e. The minimum absolute atomic E-state index is 0. The summed E-state index contributed by atoms with van der Waals surface area (Å²) < 4.78 is 5.48. The summed E-state index contributed by atoms with van der Waals surface area (Å²) in [5.74, 6) is 0.944. The van der Waals surface area contributed by atoms with E-state index in [2.05, 4.69) is 48.3 Å². The molecule has 0 radical (unpaired) electrons. The zero-order valence-electron chi connectivity index (χ0n) is 18.6. The summed E-state index contributed by atoms with van der Waals surface area (Å²) in [5.41, 5.74) is 0.0628. The Balaban J connectivity index is 0.00000392. The molecule has 2 N–H and O–H groups in total. The number of hydrogen-bond donors (Lipinski definition) is 2. The van der Waals surface area contributed by atoms with E-state index in [9.17, 15) is 0 Å². The number of morpholine rings is 1. The second-order valence-corrected chi connectivity index (χ2v) is 8.66. The van der Waals surface area contributed by atoms with Crippen LogP contribution < -0.4 is 10.6 Å². The summed E-state index contributed by atoms with van der Waals surface area (Å²) in [6.07, 6.45) is 8.15. The molecule has 2 fully saturated rings. The summed E-state index contributed by atoms with van der Waals surface area (Å²) in [6.45, 7) is 14.2. The van der Waals surface area contributed by atoms with Gasteiger partial charge in [0.1, 0.15) is 0 Å². The van der Waals surface area contributed by atoms with Crippen LogP contribution in [0.2, 0.25) is 0 Å². The van der Waals surface area contributed by atoms with E-state index in [4.69, 9.17) is 9.73 Å². The Bertz CT molecular complexity index is 435. The highest BCUT2D eigenvalue weighted by molar-refractivity contribution is 14.0. The number of ether oxygens (including phenoxy) is 1. The molecular formula is C21H44IN5O. The summed E-state index contributed by atoms with van der Waals surface area (Å²) in [5, 5.41) is 6.92. The van der Waals surface area contributed by atoms with Crippen LogP contribution >= 0.6 is 24.0 Å². The molecule has 1 heterocycles. The molecule has 0 unspecified atom stereocenters. The molecule has 2 aliphatic rings. The van der Waals surface area contributed by atoms with Gasteiger partial charge in [0, 0.05) is 37.8 Å². The molecule has 2 rings (SSSR count). The molecule has 1 aliphatic heterocycles. The fourth-order valence-electron chi connectivity index (χ4n) is 4.12. The van der Waals surface area contributed by atoms with Crippen LogP contribution in [0.15, 0.2) is 4.99 Å². The largest absolute Gasteiger partial charge is 0.379 e. The van der Waals surface area contributed by atoms with Gasteiger partial charge in [0.2, 0.25) is 0 Å². The molecule has 1 saturated carbocycles. The maximum absolute atomic E-state index is 5.48. The number of nitrogens with one attached hydrogen (secondary N) is 2. The molecular weight excluding hydrogens is 465 g/mol. The maximum atomic E-state index is 5.48. The first-order chi connectivity index (χ1) is 13.0. The van der Waals surface area contributed by atoms with Gasteiger partial charge in [0.15, 0.2) is 5.96 Å². The second kappa shape index (κ2) is 14.0. The lowest BCUT2D eigenvalue weighted by Crippen LogP contribution is -2.52. The lowest BCUT2D eigenvalue weighted by Gasteiger charge is -2.39. The molecule has 1 aliphatic carbocycles. The fourth-order valence-corrected chi connectivity index (χ4v) is 4.12. The number of nitrogens with zero attached hydrogens (tertiary/aromatic N) is 3. The van der Waals surface area contributed by atoms with Gasteiger partial charge in [0.05, 0.1) is 19.8 Å². The van der Waals surface area contributed by atoms with Crippen LogP contribution in [-0.4, -0.2) is 86.9 Å². The van der Waals surface area contributed by atoms with Crippen molar-refractivity contribution < 1.29 is 4.74 Å². The lowest BCUT2D eigenvalue weighted by atomic mass is 9.94. The monoisotopic (exact) mass is 509 g/mol. The van der Waals surface area contributed by atoms with E-state index in [1.54, 1.807) is 0 Å². The highest BCUT2D eigenvalue weighted by atomic mass is 127. The predicted octanol–water partition coefficient (Wildman–Crippen LogP) is 2.92. The number of aliphatic imine (C=N–C) groups is 1. The third-order valence-electron chi connectivity index (χ3n) is 6.01. The molecule has 0 aromatic heterocycles. The van der Waals surface area contributed by atoms with Gasteiger partial charge in [-0.15, -0.1) is 24.0 Å². The second-order valence-electron chi connectivity index (χ2n) is 8.66. The Kier molecular flexibility index (Phi) is 12.9. The number of guanidine groups is 1. The molecule has 28 heavy (non-hydrogen) atoms. The van der Waals surface area contributed by atoms with Gasteiger partial charge >= 0.3 is 0 Å². The number of hydrogen-bond acceptors (Lipinski definition) is 4. The molecule has 0 aromatic rings. The van der Waals surface area contributed by atoms with Crippen molar-refractivity contribution in [1.29, 1.82) is 0 Å². The van der Waals surface area contributed by atoms with Gasteiger partial charge in [0.25, 0.3) is 0 Å². The van der Waals surface area contributed by atoms with Gasteiger partial charge in [-0.05, 0) is 53.6 Å². The molecule has 166 valence electrons. The van der Waals surface area contributed by atoms with Crippen molar-refractivity contribution in [3.05, 3.63) is 0 Å². The first kappa shape index (κ1) is 25.9. The van der Waals surface area contributed by atoms with E-state index in [1.807, 2.05) is 0 Å². The van der Waals surface area contributed by atoms with E-state index in [0.717, 1.165) is 70.9 Å². The summed E-state index contributed by atoms with van der Waals surface area (Å²) >= 11 is 0. The van der Waals surface area contributed by atoms with E-state index in [-0.39, 0.29) is 29.5 Å². The summed E-state index contributed by atoms with van der Waals surface area (Å²) in [6, 6.07) is 0.801. The zero-order chi connectivity index (χ0) is 19.5. The van der Waals surface area contributed by atoms with E-state index >= 15 is 0 Å². The molecule has 0 amide bonds. The Morgan fingerprint density at radius 1 is 1.14 bits per heavy atom. The highest BCUT2D eigenvalue weighted by Crippen LogP contribution is 2.21. The van der Waals surface area contributed by atoms with E-state index < -0.39 is 0 Å². The molecule has 0 spiro atoms. The minimum Gasteiger partial charge on any atom is -0.379 e. The van der Waals surface area contributed by atoms with Crippen LogP contribution in [0.25, 0.3) is 0 Å². The van der Waals surface area contributed by atoms with Crippen molar-refractivity contribution in [2.24, 2.45) is 4.99 Å². The van der Waals surface area contributed by atoms with Gasteiger partial charge < -0.3 is 20.3 Å². The van der Waals surface area contributed by atoms with Gasteiger partial charge in [-0.25, -0.2) is 0 Å². The van der Waals surface area contributed by atoms with E-state index in [1.165, 1.54) is 32.1 Å². The Labute approximate surface area is 190 Å². The molecule has 1 saturated heterocycles. The molecule has 0 aromatic carbocycles. The van der Waals surface area contributed by atoms with Crippen LogP contribution in [0.1, 0.15) is 59.3 Å². The van der Waals surface area contributed by atoms with Crippen molar-refractivity contribution in [1.82, 2.24) is 20.4 Å². The topological polar surface area (TPSA) is 52.1 Å². The third-order valence-corrected chi connectivity index (χ3v) is 6.01. The molecule has 6 nitrogen and oxygen atoms in total. The van der Waals surface area contributed by atoms with Crippen molar-refractivity contribution >= 4 is 29.9 Å². The average Bonchev–Trinajstić information content (AvgIpc) is 2.70. The summed E-state index contributed by atoms with van der Waals surface area (Å²) in [7, 11) is 2.29. The normalized spacial score (nSPS) is 20.1. The van der Waals surface area contributed by atoms with Gasteiger partial charge in [-0.1, -0.05) is 19.3 Å². The van der Waals surface area contributed by atoms with Crippen molar-refractivity contribution in [3.8, 4) is 0 Å². The van der Waals surface area contributed by atoms with Crippen molar-refractivity contribution in [2.75, 3.05) is 59.5 Å². The first-order valence-corrected chi connectivity index (χ1v) is 11.1. The van der Waals surface area contributed by atoms with Crippen molar-refractivity contribution in [2.45, 2.75) is 70.9 Å². The van der Waals surface area contributed by atoms with Crippen LogP contribution in [0, 0.1) is 0 Å². The van der Waals surface area contributed by atoms with Crippen LogP contribution in [0.4, 0.5) is 0 Å². The average molecular weight is 510 g/mol. The number of rotatable bonds is 9. The lowest BCUT2D eigenvalue weighted by molar-refractivity contribution is -0.00683. The Hall–Kier alpha value is -0.120. The van der Waals surface area contributed by atoms with Gasteiger partial charge in [-0.2, -0.15) is 0 Å². The first-order valence-electron chi connectivity index (χ1n) is 11.1. The number of halogens is 1. The highest BCUT2D eigenvalue weighted by Gasteiger charge is 2.28. The summed E-state index contributed by atoms with van der Waals surface area (Å²) in [4.78, 5) is 9.92. The van der Waals surface area contributed by atoms with Crippen LogP contribution in [0.3, 0.4) is 0 Å². The standard InChI is InChI=1S/C21H43N5O.HI/c1-5-22-20(24-18-21(2,3)26-14-16-27-17-15-26)23-12-9-13-25(4)19-10-7-6-8-11-19;/h19H,5-18H2,1-4H3,(H2,22,23,24);1H. The van der Waals surface area contributed by atoms with E-state index in [0.29, 0.717) is 0 Å². The SMILES string of the molecule is CCNC(=NCC(C)(C)N1CCOCC1)NCCCN(C)C1CCCCC1.I. The third kappa shape index (κ3) is 9.13. The fraction of sp³-hybridized carbons (Fsp3) is 0.952. The molecule has 0 atom stereocenters. The molecule has 0 bridgehead atoms. The Morgan fingerprint density at radius 3 is 2.46 bits per heavy atom. The van der Waals surface area contributed by atoms with Gasteiger partial charge in [-0.3, -0.25) is 9.89 Å². The predicted molar refractivity (Wildman–Crippen MR) is 130 cm³/mol. The minimum atomic E-state index is 0. The quantitative estimate of drug-likeness (QED) is 0.217. The smallest absolute Gasteiger partial charge is 0.191 e. The molecule has 7 heteroatoms. The Morgan fingerprint density at radius 2 is 1.82 bits per heavy atom. The van der Waals surface area contributed by atoms with Crippen LogP contribution in [-0.2, 0) is 4.74 Å². The van der Waals surface area contributed by atoms with Crippen LogP contribution in [0.5, 0.6) is 0 Å².